The van der Waals surface area contributed by atoms with Crippen LogP contribution >= 0.6 is 0 Å². The van der Waals surface area contributed by atoms with Crippen LogP contribution in [0.5, 0.6) is 0 Å². The predicted octanol–water partition coefficient (Wildman–Crippen LogP) is 3.58. The fourth-order valence-electron chi connectivity index (χ4n) is 3.54. The highest BCUT2D eigenvalue weighted by Crippen LogP contribution is 2.34. The van der Waals surface area contributed by atoms with E-state index in [1.807, 2.05) is 20.8 Å². The predicted molar refractivity (Wildman–Crippen MR) is 105 cm³/mol. The van der Waals surface area contributed by atoms with Crippen LogP contribution in [0.3, 0.4) is 0 Å². The second-order valence-electron chi connectivity index (χ2n) is 7.88. The lowest BCUT2D eigenvalue weighted by Gasteiger charge is -2.33. The monoisotopic (exact) mass is 422 g/mol. The van der Waals surface area contributed by atoms with E-state index in [0.29, 0.717) is 25.9 Å². The average Bonchev–Trinajstić information content (AvgIpc) is 3.14. The lowest BCUT2D eigenvalue weighted by atomic mass is 10.0. The first kappa shape index (κ1) is 21.9. The summed E-state index contributed by atoms with van der Waals surface area (Å²) in [5.74, 6) is -0.883. The fraction of sp³-hybridized carbons (Fsp3) is 0.476. The van der Waals surface area contributed by atoms with Gasteiger partial charge in [0, 0.05) is 25.0 Å². The van der Waals surface area contributed by atoms with E-state index < -0.39 is 23.3 Å². The molecule has 0 spiro atoms. The van der Waals surface area contributed by atoms with E-state index >= 15 is 0 Å². The van der Waals surface area contributed by atoms with Crippen molar-refractivity contribution in [1.29, 1.82) is 0 Å². The Morgan fingerprint density at radius 3 is 2.27 bits per heavy atom. The van der Waals surface area contributed by atoms with E-state index in [1.54, 1.807) is 17.0 Å². The highest BCUT2D eigenvalue weighted by atomic mass is 19.4. The summed E-state index contributed by atoms with van der Waals surface area (Å²) in [6.07, 6.45) is -2.80. The van der Waals surface area contributed by atoms with E-state index in [-0.39, 0.29) is 23.6 Å². The zero-order chi connectivity index (χ0) is 22.1. The second kappa shape index (κ2) is 8.49. The number of carbonyl (C=O) groups excluding carboxylic acids is 2. The standard InChI is InChI=1S/C21H25F3N4O2/c1-13(2)20(30)27-10-8-15(9-11-27)26-19(29)17-12-25-28(18(17)21(22,23)24)16-6-4-14(3)5-7-16/h4-7,12-13,15H,8-11H2,1-3H3,(H,26,29). The van der Waals surface area contributed by atoms with Crippen LogP contribution in [-0.2, 0) is 11.0 Å². The van der Waals surface area contributed by atoms with Gasteiger partial charge in [0.25, 0.3) is 5.91 Å². The number of rotatable bonds is 4. The minimum atomic E-state index is -4.75. The molecule has 0 unspecified atom stereocenters. The van der Waals surface area contributed by atoms with E-state index in [1.165, 1.54) is 12.1 Å². The highest BCUT2D eigenvalue weighted by Gasteiger charge is 2.41. The van der Waals surface area contributed by atoms with Gasteiger partial charge in [0.15, 0.2) is 5.69 Å². The van der Waals surface area contributed by atoms with Gasteiger partial charge in [-0.15, -0.1) is 0 Å². The number of aromatic nitrogens is 2. The van der Waals surface area contributed by atoms with Gasteiger partial charge in [0.1, 0.15) is 0 Å². The molecule has 6 nitrogen and oxygen atoms in total. The van der Waals surface area contributed by atoms with Crippen molar-refractivity contribution in [1.82, 2.24) is 20.0 Å². The lowest BCUT2D eigenvalue weighted by molar-refractivity contribution is -0.143. The number of carbonyl (C=O) groups is 2. The van der Waals surface area contributed by atoms with E-state index in [9.17, 15) is 22.8 Å². The molecular weight excluding hydrogens is 397 g/mol. The number of benzene rings is 1. The Morgan fingerprint density at radius 1 is 1.13 bits per heavy atom. The number of piperidine rings is 1. The number of likely N-dealkylation sites (tertiary alicyclic amines) is 1. The molecule has 2 aromatic rings. The Bertz CT molecular complexity index is 911. The quantitative estimate of drug-likeness (QED) is 0.819. The minimum absolute atomic E-state index is 0.0403. The first-order chi connectivity index (χ1) is 14.1. The number of aryl methyl sites for hydroxylation is 1. The number of hydrogen-bond acceptors (Lipinski definition) is 3. The second-order valence-corrected chi connectivity index (χ2v) is 7.88. The maximum atomic E-state index is 13.8. The Morgan fingerprint density at radius 2 is 1.73 bits per heavy atom. The van der Waals surface area contributed by atoms with Crippen LogP contribution in [0.1, 0.15) is 48.3 Å². The van der Waals surface area contributed by atoms with Crippen LogP contribution in [0.2, 0.25) is 0 Å². The summed E-state index contributed by atoms with van der Waals surface area (Å²) in [4.78, 5) is 26.4. The summed E-state index contributed by atoms with van der Waals surface area (Å²) in [7, 11) is 0. The SMILES string of the molecule is Cc1ccc(-n2ncc(C(=O)NC3CCN(C(=O)C(C)C)CC3)c2C(F)(F)F)cc1. The molecule has 1 aliphatic rings. The van der Waals surface area contributed by atoms with Crippen LogP contribution in [0.4, 0.5) is 13.2 Å². The number of amides is 2. The van der Waals surface area contributed by atoms with Gasteiger partial charge in [0.2, 0.25) is 5.91 Å². The normalized spacial score (nSPS) is 15.5. The summed E-state index contributed by atoms with van der Waals surface area (Å²) >= 11 is 0. The molecule has 1 saturated heterocycles. The fourth-order valence-corrected chi connectivity index (χ4v) is 3.54. The van der Waals surface area contributed by atoms with Crippen molar-refractivity contribution in [2.45, 2.75) is 45.8 Å². The molecule has 1 aliphatic heterocycles. The molecule has 1 N–H and O–H groups in total. The maximum Gasteiger partial charge on any atom is 0.434 e. The number of alkyl halides is 3. The number of hydrogen-bond donors (Lipinski definition) is 1. The largest absolute Gasteiger partial charge is 0.434 e. The zero-order valence-electron chi connectivity index (χ0n) is 17.2. The molecule has 2 amide bonds. The van der Waals surface area contributed by atoms with Crippen molar-refractivity contribution < 1.29 is 22.8 Å². The summed E-state index contributed by atoms with van der Waals surface area (Å²) in [6, 6.07) is 6.13. The summed E-state index contributed by atoms with van der Waals surface area (Å²) in [6.45, 7) is 6.41. The van der Waals surface area contributed by atoms with Crippen molar-refractivity contribution in [3.63, 3.8) is 0 Å². The smallest absolute Gasteiger partial charge is 0.349 e. The van der Waals surface area contributed by atoms with Crippen LogP contribution in [0.15, 0.2) is 30.5 Å². The summed E-state index contributed by atoms with van der Waals surface area (Å²) in [5.41, 5.74) is -0.479. The Balaban J connectivity index is 1.77. The topological polar surface area (TPSA) is 67.2 Å². The van der Waals surface area contributed by atoms with Crippen molar-refractivity contribution in [2.24, 2.45) is 5.92 Å². The summed E-state index contributed by atoms with van der Waals surface area (Å²) < 4.78 is 42.1. The molecule has 0 bridgehead atoms. The molecule has 0 saturated carbocycles. The molecule has 1 aromatic carbocycles. The molecule has 3 rings (SSSR count). The van der Waals surface area contributed by atoms with E-state index in [2.05, 4.69) is 10.4 Å². The zero-order valence-corrected chi connectivity index (χ0v) is 17.2. The van der Waals surface area contributed by atoms with Crippen molar-refractivity contribution >= 4 is 11.8 Å². The van der Waals surface area contributed by atoms with Gasteiger partial charge in [-0.05, 0) is 31.9 Å². The number of nitrogens with zero attached hydrogens (tertiary/aromatic N) is 3. The highest BCUT2D eigenvalue weighted by molar-refractivity contribution is 5.95. The van der Waals surface area contributed by atoms with Crippen LogP contribution in [0.25, 0.3) is 5.69 Å². The van der Waals surface area contributed by atoms with Gasteiger partial charge < -0.3 is 10.2 Å². The average molecular weight is 422 g/mol. The van der Waals surface area contributed by atoms with E-state index in [0.717, 1.165) is 16.4 Å². The molecule has 0 aliphatic carbocycles. The van der Waals surface area contributed by atoms with Gasteiger partial charge in [-0.25, -0.2) is 4.68 Å². The molecule has 0 atom stereocenters. The third-order valence-electron chi connectivity index (χ3n) is 5.20. The first-order valence-corrected chi connectivity index (χ1v) is 9.90. The third-order valence-corrected chi connectivity index (χ3v) is 5.20. The maximum absolute atomic E-state index is 13.8. The molecule has 162 valence electrons. The third kappa shape index (κ3) is 4.66. The van der Waals surface area contributed by atoms with Gasteiger partial charge in [0.05, 0.1) is 17.4 Å². The van der Waals surface area contributed by atoms with Crippen LogP contribution in [0, 0.1) is 12.8 Å². The minimum Gasteiger partial charge on any atom is -0.349 e. The molecule has 2 heterocycles. The lowest BCUT2D eigenvalue weighted by Crippen LogP contribution is -2.47. The molecular formula is C21H25F3N4O2. The number of halogens is 3. The van der Waals surface area contributed by atoms with Gasteiger partial charge in [-0.1, -0.05) is 31.5 Å². The van der Waals surface area contributed by atoms with Crippen LogP contribution < -0.4 is 5.32 Å². The van der Waals surface area contributed by atoms with Gasteiger partial charge >= 0.3 is 6.18 Å². The Kier molecular flexibility index (Phi) is 6.19. The van der Waals surface area contributed by atoms with Crippen molar-refractivity contribution in [3.8, 4) is 5.69 Å². The molecule has 1 aromatic heterocycles. The van der Waals surface area contributed by atoms with Crippen molar-refractivity contribution in [2.75, 3.05) is 13.1 Å². The van der Waals surface area contributed by atoms with Gasteiger partial charge in [-0.2, -0.15) is 18.3 Å². The van der Waals surface area contributed by atoms with E-state index in [4.69, 9.17) is 0 Å². The molecule has 30 heavy (non-hydrogen) atoms. The van der Waals surface area contributed by atoms with Crippen molar-refractivity contribution in [3.05, 3.63) is 47.3 Å². The number of nitrogens with one attached hydrogen (secondary N) is 1. The Hall–Kier alpha value is -2.84. The first-order valence-electron chi connectivity index (χ1n) is 9.90. The Labute approximate surface area is 173 Å². The summed E-state index contributed by atoms with van der Waals surface area (Å²) in [5, 5.41) is 6.51. The molecule has 0 radical (unpaired) electrons. The molecule has 9 heteroatoms. The molecule has 1 fully saturated rings. The van der Waals surface area contributed by atoms with Crippen LogP contribution in [-0.4, -0.2) is 45.6 Å². The van der Waals surface area contributed by atoms with Gasteiger partial charge in [-0.3, -0.25) is 9.59 Å².